The first-order valence-corrected chi connectivity index (χ1v) is 11.2. The van der Waals surface area contributed by atoms with Gasteiger partial charge in [0.2, 0.25) is 0 Å². The Labute approximate surface area is 191 Å². The topological polar surface area (TPSA) is 116 Å². The van der Waals surface area contributed by atoms with Crippen LogP contribution in [0, 0.1) is 5.41 Å². The molecule has 0 atom stereocenters. The second kappa shape index (κ2) is 8.70. The van der Waals surface area contributed by atoms with Crippen molar-refractivity contribution in [3.63, 3.8) is 0 Å². The number of carbonyl (C=O) groups is 2. The Morgan fingerprint density at radius 2 is 1.85 bits per heavy atom. The quantitative estimate of drug-likeness (QED) is 0.723. The maximum Gasteiger partial charge on any atom is 0.329 e. The summed E-state index contributed by atoms with van der Waals surface area (Å²) in [5, 5.41) is 13.3. The molecular weight excluding hydrogens is 428 g/mol. The van der Waals surface area contributed by atoms with E-state index in [4.69, 9.17) is 14.2 Å². The van der Waals surface area contributed by atoms with Crippen LogP contribution in [0.1, 0.15) is 49.9 Å². The standard InChI is InChI=1S/C24H30N2O7/c1-23(2)6-8-24(9-7-23,22(29)30)25-20(27)16-14-15-4-5-17(31-3)19-18(15)26(21(16)28)10-11-32-12-13-33-19/h4-5,14H,6-13H2,1-3H3,(H,25,27)(H,29,30). The molecule has 1 aliphatic carbocycles. The molecule has 0 bridgehead atoms. The van der Waals surface area contributed by atoms with Crippen LogP contribution in [-0.2, 0) is 16.1 Å². The van der Waals surface area contributed by atoms with Crippen LogP contribution in [-0.4, -0.2) is 54.0 Å². The van der Waals surface area contributed by atoms with Gasteiger partial charge in [-0.2, -0.15) is 0 Å². The first-order valence-electron chi connectivity index (χ1n) is 11.2. The fourth-order valence-corrected chi connectivity index (χ4v) is 4.59. The summed E-state index contributed by atoms with van der Waals surface area (Å²) in [6.45, 7) is 5.32. The number of hydrogen-bond donors (Lipinski definition) is 2. The first kappa shape index (κ1) is 23.1. The lowest BCUT2D eigenvalue weighted by Gasteiger charge is -2.41. The molecule has 9 nitrogen and oxygen atoms in total. The van der Waals surface area contributed by atoms with Gasteiger partial charge in [-0.3, -0.25) is 9.59 Å². The molecule has 1 aromatic carbocycles. The third-order valence-electron chi connectivity index (χ3n) is 6.79. The minimum atomic E-state index is -1.39. The number of amides is 1. The van der Waals surface area contributed by atoms with Gasteiger partial charge in [0.1, 0.15) is 17.7 Å². The van der Waals surface area contributed by atoms with Crippen LogP contribution in [0.15, 0.2) is 23.0 Å². The third kappa shape index (κ3) is 4.29. The maximum absolute atomic E-state index is 13.4. The molecule has 0 spiro atoms. The van der Waals surface area contributed by atoms with Crippen LogP contribution in [0.3, 0.4) is 0 Å². The monoisotopic (exact) mass is 458 g/mol. The number of nitrogens with zero attached hydrogens (tertiary/aromatic N) is 1. The molecule has 178 valence electrons. The first-order chi connectivity index (χ1) is 15.7. The smallest absolute Gasteiger partial charge is 0.329 e. The summed E-state index contributed by atoms with van der Waals surface area (Å²) in [4.78, 5) is 38.9. The lowest BCUT2D eigenvalue weighted by atomic mass is 9.69. The predicted octanol–water partition coefficient (Wildman–Crippen LogP) is 2.57. The van der Waals surface area contributed by atoms with Gasteiger partial charge in [0.05, 0.1) is 25.8 Å². The molecule has 1 aromatic heterocycles. The van der Waals surface area contributed by atoms with Crippen LogP contribution in [0.4, 0.5) is 0 Å². The number of carbonyl (C=O) groups excluding carboxylic acids is 1. The number of ether oxygens (including phenoxy) is 3. The SMILES string of the molecule is COc1ccc2cc(C(=O)NC3(C(=O)O)CCC(C)(C)CC3)c(=O)n3c2c1OCCOCC3. The van der Waals surface area contributed by atoms with E-state index in [0.29, 0.717) is 61.3 Å². The van der Waals surface area contributed by atoms with Crippen molar-refractivity contribution in [2.24, 2.45) is 5.41 Å². The summed E-state index contributed by atoms with van der Waals surface area (Å²) in [6.07, 6.45) is 1.95. The lowest BCUT2D eigenvalue weighted by Crippen LogP contribution is -2.57. The van der Waals surface area contributed by atoms with Crippen molar-refractivity contribution in [1.29, 1.82) is 0 Å². The predicted molar refractivity (Wildman–Crippen MR) is 121 cm³/mol. The number of benzene rings is 1. The average Bonchev–Trinajstić information content (AvgIpc) is 2.89. The fourth-order valence-electron chi connectivity index (χ4n) is 4.59. The highest BCUT2D eigenvalue weighted by molar-refractivity contribution is 6.01. The fraction of sp³-hybridized carbons (Fsp3) is 0.542. The Kier molecular flexibility index (Phi) is 6.09. The minimum absolute atomic E-state index is 0.0149. The average molecular weight is 459 g/mol. The Morgan fingerprint density at radius 3 is 2.52 bits per heavy atom. The van der Waals surface area contributed by atoms with Crippen molar-refractivity contribution in [3.8, 4) is 11.5 Å². The van der Waals surface area contributed by atoms with Gasteiger partial charge >= 0.3 is 5.97 Å². The van der Waals surface area contributed by atoms with E-state index in [9.17, 15) is 19.5 Å². The second-order valence-electron chi connectivity index (χ2n) is 9.52. The number of carboxylic acid groups (broad SMARTS) is 1. The Bertz CT molecular complexity index is 1140. The van der Waals surface area contributed by atoms with Crippen LogP contribution in [0.25, 0.3) is 10.9 Å². The zero-order valence-electron chi connectivity index (χ0n) is 19.2. The van der Waals surface area contributed by atoms with Gasteiger partial charge in [0.25, 0.3) is 11.5 Å². The van der Waals surface area contributed by atoms with Gasteiger partial charge in [0, 0.05) is 11.9 Å². The number of pyridine rings is 1. The molecule has 1 amide bonds. The van der Waals surface area contributed by atoms with Gasteiger partial charge in [0.15, 0.2) is 11.5 Å². The Morgan fingerprint density at radius 1 is 1.12 bits per heavy atom. The summed E-state index contributed by atoms with van der Waals surface area (Å²) in [5.74, 6) is -0.871. The van der Waals surface area contributed by atoms with Gasteiger partial charge in [-0.15, -0.1) is 0 Å². The molecule has 1 fully saturated rings. The van der Waals surface area contributed by atoms with E-state index in [2.05, 4.69) is 19.2 Å². The van der Waals surface area contributed by atoms with Gasteiger partial charge in [-0.1, -0.05) is 13.8 Å². The molecule has 9 heteroatoms. The normalized spacial score (nSPS) is 19.5. The number of carboxylic acids is 1. The van der Waals surface area contributed by atoms with Crippen molar-refractivity contribution in [2.75, 3.05) is 26.9 Å². The molecule has 0 saturated heterocycles. The summed E-state index contributed by atoms with van der Waals surface area (Å²) < 4.78 is 18.3. The van der Waals surface area contributed by atoms with E-state index in [-0.39, 0.29) is 24.1 Å². The molecule has 4 rings (SSSR count). The zero-order chi connectivity index (χ0) is 23.8. The van der Waals surface area contributed by atoms with Crippen LogP contribution in [0.2, 0.25) is 0 Å². The molecule has 0 unspecified atom stereocenters. The van der Waals surface area contributed by atoms with E-state index in [1.165, 1.54) is 17.7 Å². The number of aliphatic carboxylic acids is 1. The summed E-state index contributed by atoms with van der Waals surface area (Å²) in [5.41, 5.74) is -1.49. The molecule has 33 heavy (non-hydrogen) atoms. The summed E-state index contributed by atoms with van der Waals surface area (Å²) >= 11 is 0. The molecule has 2 aliphatic rings. The van der Waals surface area contributed by atoms with Crippen molar-refractivity contribution in [2.45, 2.75) is 51.6 Å². The van der Waals surface area contributed by atoms with Crippen molar-refractivity contribution in [1.82, 2.24) is 9.88 Å². The molecule has 1 saturated carbocycles. The summed E-state index contributed by atoms with van der Waals surface area (Å²) in [6, 6.07) is 4.97. The minimum Gasteiger partial charge on any atom is -0.493 e. The van der Waals surface area contributed by atoms with Gasteiger partial charge in [-0.05, 0) is 49.3 Å². The Hall–Kier alpha value is -3.07. The van der Waals surface area contributed by atoms with Crippen LogP contribution in [0.5, 0.6) is 11.5 Å². The van der Waals surface area contributed by atoms with E-state index in [0.717, 1.165) is 0 Å². The molecule has 1 aliphatic heterocycles. The number of methoxy groups -OCH3 is 1. The van der Waals surface area contributed by atoms with Crippen LogP contribution >= 0.6 is 0 Å². The largest absolute Gasteiger partial charge is 0.493 e. The molecular formula is C24H30N2O7. The van der Waals surface area contributed by atoms with E-state index in [1.54, 1.807) is 12.1 Å². The number of nitrogens with one attached hydrogen (secondary N) is 1. The highest BCUT2D eigenvalue weighted by Gasteiger charge is 2.45. The number of aromatic nitrogens is 1. The van der Waals surface area contributed by atoms with Crippen LogP contribution < -0.4 is 20.3 Å². The highest BCUT2D eigenvalue weighted by Crippen LogP contribution is 2.41. The zero-order valence-corrected chi connectivity index (χ0v) is 19.2. The van der Waals surface area contributed by atoms with Crippen molar-refractivity contribution >= 4 is 22.8 Å². The van der Waals surface area contributed by atoms with Gasteiger partial charge < -0.3 is 29.2 Å². The molecule has 0 radical (unpaired) electrons. The van der Waals surface area contributed by atoms with Crippen molar-refractivity contribution < 1.29 is 28.9 Å². The van der Waals surface area contributed by atoms with E-state index in [1.807, 2.05) is 0 Å². The van der Waals surface area contributed by atoms with Crippen molar-refractivity contribution in [3.05, 3.63) is 34.1 Å². The summed E-state index contributed by atoms with van der Waals surface area (Å²) in [7, 11) is 1.52. The molecule has 2 aromatic rings. The third-order valence-corrected chi connectivity index (χ3v) is 6.79. The van der Waals surface area contributed by atoms with E-state index >= 15 is 0 Å². The number of rotatable bonds is 4. The number of hydrogen-bond acceptors (Lipinski definition) is 6. The second-order valence-corrected chi connectivity index (χ2v) is 9.52. The highest BCUT2D eigenvalue weighted by atomic mass is 16.5. The molecule has 2 heterocycles. The van der Waals surface area contributed by atoms with Gasteiger partial charge in [-0.25, -0.2) is 4.79 Å². The Balaban J connectivity index is 1.79. The maximum atomic E-state index is 13.4. The molecule has 2 N–H and O–H groups in total. The lowest BCUT2D eigenvalue weighted by molar-refractivity contribution is -0.146. The van der Waals surface area contributed by atoms with E-state index < -0.39 is 23.0 Å².